The molecule has 0 bridgehead atoms. The van der Waals surface area contributed by atoms with Crippen molar-refractivity contribution in [1.29, 1.82) is 0 Å². The first kappa shape index (κ1) is 18.4. The highest BCUT2D eigenvalue weighted by Gasteiger charge is 2.33. The Hall–Kier alpha value is -1.89. The summed E-state index contributed by atoms with van der Waals surface area (Å²) >= 11 is 0. The summed E-state index contributed by atoms with van der Waals surface area (Å²) in [6.07, 6.45) is 6.73. The number of benzene rings is 1. The number of hydrogen-bond donors (Lipinski definition) is 2. The number of carbonyl (C=O) groups excluding carboxylic acids is 1. The zero-order valence-electron chi connectivity index (χ0n) is 14.0. The van der Waals surface area contributed by atoms with E-state index in [1.54, 1.807) is 0 Å². The highest BCUT2D eigenvalue weighted by molar-refractivity contribution is 7.90. The first-order chi connectivity index (χ1) is 11.1. The van der Waals surface area contributed by atoms with Gasteiger partial charge in [0.05, 0.1) is 10.5 Å². The van der Waals surface area contributed by atoms with Gasteiger partial charge in [-0.05, 0) is 31.0 Å². The Balaban J connectivity index is 2.32. The van der Waals surface area contributed by atoms with E-state index in [-0.39, 0.29) is 22.1 Å². The molecule has 1 aromatic carbocycles. The van der Waals surface area contributed by atoms with Gasteiger partial charge >= 0.3 is 5.97 Å². The lowest BCUT2D eigenvalue weighted by molar-refractivity contribution is -0.125. The SMILES string of the molecule is CC1(C(=O)Nc2cc(C(=O)O)cc(S(C)(=O)=O)c2)CCCCCC1. The quantitative estimate of drug-likeness (QED) is 0.810. The van der Waals surface area contributed by atoms with Crippen molar-refractivity contribution >= 4 is 27.4 Å². The molecule has 6 nitrogen and oxygen atoms in total. The van der Waals surface area contributed by atoms with E-state index in [1.807, 2.05) is 6.92 Å². The van der Waals surface area contributed by atoms with Crippen LogP contribution in [0.5, 0.6) is 0 Å². The zero-order chi connectivity index (χ0) is 18.0. The van der Waals surface area contributed by atoms with Gasteiger partial charge in [-0.2, -0.15) is 0 Å². The number of sulfone groups is 1. The molecule has 0 heterocycles. The van der Waals surface area contributed by atoms with Crippen LogP contribution in [0.1, 0.15) is 55.8 Å². The van der Waals surface area contributed by atoms with Crippen molar-refractivity contribution in [3.63, 3.8) is 0 Å². The molecule has 24 heavy (non-hydrogen) atoms. The first-order valence-electron chi connectivity index (χ1n) is 8.02. The summed E-state index contributed by atoms with van der Waals surface area (Å²) in [6.45, 7) is 1.91. The Bertz CT molecular complexity index is 746. The normalized spacial score (nSPS) is 17.8. The molecule has 7 heteroatoms. The molecule has 1 fully saturated rings. The van der Waals surface area contributed by atoms with Gasteiger partial charge in [0.2, 0.25) is 5.91 Å². The maximum Gasteiger partial charge on any atom is 0.335 e. The molecule has 1 saturated carbocycles. The van der Waals surface area contributed by atoms with E-state index in [4.69, 9.17) is 5.11 Å². The molecule has 0 atom stereocenters. The maximum absolute atomic E-state index is 12.7. The number of anilines is 1. The van der Waals surface area contributed by atoms with E-state index < -0.39 is 21.2 Å². The number of hydrogen-bond acceptors (Lipinski definition) is 4. The van der Waals surface area contributed by atoms with Crippen molar-refractivity contribution in [2.24, 2.45) is 5.41 Å². The zero-order valence-corrected chi connectivity index (χ0v) is 14.8. The Kier molecular flexibility index (Phi) is 5.32. The monoisotopic (exact) mass is 353 g/mol. The molecule has 0 aliphatic heterocycles. The van der Waals surface area contributed by atoms with Crippen LogP contribution in [0.3, 0.4) is 0 Å². The lowest BCUT2D eigenvalue weighted by Gasteiger charge is -2.26. The summed E-state index contributed by atoms with van der Waals surface area (Å²) in [5.74, 6) is -1.43. The van der Waals surface area contributed by atoms with E-state index in [9.17, 15) is 18.0 Å². The summed E-state index contributed by atoms with van der Waals surface area (Å²) in [6, 6.07) is 3.69. The highest BCUT2D eigenvalue weighted by atomic mass is 32.2. The number of rotatable bonds is 4. The largest absolute Gasteiger partial charge is 0.478 e. The molecule has 1 aliphatic carbocycles. The molecule has 0 unspecified atom stereocenters. The summed E-state index contributed by atoms with van der Waals surface area (Å²) in [7, 11) is -3.58. The molecule has 1 amide bonds. The van der Waals surface area contributed by atoms with E-state index in [1.165, 1.54) is 12.1 Å². The second-order valence-corrected chi connectivity index (χ2v) is 8.77. The van der Waals surface area contributed by atoms with Gasteiger partial charge in [-0.1, -0.05) is 32.6 Å². The number of carbonyl (C=O) groups is 2. The lowest BCUT2D eigenvalue weighted by atomic mass is 9.81. The van der Waals surface area contributed by atoms with Crippen LogP contribution in [0, 0.1) is 5.41 Å². The molecular formula is C17H23NO5S. The van der Waals surface area contributed by atoms with Crippen molar-refractivity contribution in [3.05, 3.63) is 23.8 Å². The van der Waals surface area contributed by atoms with Crippen molar-refractivity contribution in [2.75, 3.05) is 11.6 Å². The molecule has 2 N–H and O–H groups in total. The van der Waals surface area contributed by atoms with Crippen molar-refractivity contribution in [1.82, 2.24) is 0 Å². The molecule has 132 valence electrons. The maximum atomic E-state index is 12.7. The van der Waals surface area contributed by atoms with Crippen LogP contribution >= 0.6 is 0 Å². The average molecular weight is 353 g/mol. The van der Waals surface area contributed by atoms with E-state index in [0.29, 0.717) is 0 Å². The molecule has 0 aromatic heterocycles. The summed E-state index contributed by atoms with van der Waals surface area (Å²) < 4.78 is 23.5. The molecular weight excluding hydrogens is 330 g/mol. The van der Waals surface area contributed by atoms with Gasteiger partial charge in [0.1, 0.15) is 0 Å². The Labute approximate surface area is 142 Å². The smallest absolute Gasteiger partial charge is 0.335 e. The topological polar surface area (TPSA) is 101 Å². The van der Waals surface area contributed by atoms with Gasteiger partial charge in [0.15, 0.2) is 9.84 Å². The fourth-order valence-electron chi connectivity index (χ4n) is 3.03. The van der Waals surface area contributed by atoms with Gasteiger partial charge in [0, 0.05) is 17.4 Å². The van der Waals surface area contributed by atoms with Crippen molar-refractivity contribution < 1.29 is 23.1 Å². The van der Waals surface area contributed by atoms with Gasteiger partial charge in [0.25, 0.3) is 0 Å². The number of amides is 1. The molecule has 0 saturated heterocycles. The van der Waals surface area contributed by atoms with Crippen LogP contribution in [0.4, 0.5) is 5.69 Å². The van der Waals surface area contributed by atoms with Crippen LogP contribution in [0.2, 0.25) is 0 Å². The van der Waals surface area contributed by atoms with E-state index in [2.05, 4.69) is 5.32 Å². The van der Waals surface area contributed by atoms with Crippen molar-refractivity contribution in [2.45, 2.75) is 50.3 Å². The van der Waals surface area contributed by atoms with Crippen LogP contribution in [0.25, 0.3) is 0 Å². The fraction of sp³-hybridized carbons (Fsp3) is 0.529. The number of nitrogens with one attached hydrogen (secondary N) is 1. The summed E-state index contributed by atoms with van der Waals surface area (Å²) in [5.41, 5.74) is -0.480. The number of carboxylic acid groups (broad SMARTS) is 1. The minimum absolute atomic E-state index is 0.122. The third-order valence-electron chi connectivity index (χ3n) is 4.59. The van der Waals surface area contributed by atoms with Gasteiger partial charge < -0.3 is 10.4 Å². The second kappa shape index (κ2) is 6.93. The summed E-state index contributed by atoms with van der Waals surface area (Å²) in [4.78, 5) is 23.8. The number of carboxylic acids is 1. The molecule has 0 radical (unpaired) electrons. The van der Waals surface area contributed by atoms with Gasteiger partial charge in [-0.3, -0.25) is 4.79 Å². The van der Waals surface area contributed by atoms with Crippen LogP contribution < -0.4 is 5.32 Å². The number of aromatic carboxylic acids is 1. The molecule has 1 aromatic rings. The third kappa shape index (κ3) is 4.35. The van der Waals surface area contributed by atoms with Crippen LogP contribution in [0.15, 0.2) is 23.1 Å². The van der Waals surface area contributed by atoms with Crippen LogP contribution in [-0.2, 0) is 14.6 Å². The second-order valence-electron chi connectivity index (χ2n) is 6.75. The van der Waals surface area contributed by atoms with Gasteiger partial charge in [-0.15, -0.1) is 0 Å². The third-order valence-corrected chi connectivity index (χ3v) is 5.69. The Morgan fingerprint density at radius 1 is 1.08 bits per heavy atom. The predicted octanol–water partition coefficient (Wildman–Crippen LogP) is 3.09. The Morgan fingerprint density at radius 2 is 1.67 bits per heavy atom. The Morgan fingerprint density at radius 3 is 2.17 bits per heavy atom. The first-order valence-corrected chi connectivity index (χ1v) is 9.91. The predicted molar refractivity (Wildman–Crippen MR) is 90.9 cm³/mol. The standard InChI is InChI=1S/C17H23NO5S/c1-17(7-5-3-4-6-8-17)16(21)18-13-9-12(15(19)20)10-14(11-13)24(2,22)23/h9-11H,3-8H2,1-2H3,(H,18,21)(H,19,20). The fourth-order valence-corrected chi connectivity index (χ4v) is 3.71. The van der Waals surface area contributed by atoms with Crippen molar-refractivity contribution in [3.8, 4) is 0 Å². The average Bonchev–Trinajstić information content (AvgIpc) is 2.71. The van der Waals surface area contributed by atoms with E-state index >= 15 is 0 Å². The minimum Gasteiger partial charge on any atom is -0.478 e. The van der Waals surface area contributed by atoms with Crippen LogP contribution in [-0.4, -0.2) is 31.7 Å². The van der Waals surface area contributed by atoms with Gasteiger partial charge in [-0.25, -0.2) is 13.2 Å². The molecule has 1 aliphatic rings. The molecule has 0 spiro atoms. The summed E-state index contributed by atoms with van der Waals surface area (Å²) in [5, 5.41) is 11.9. The lowest BCUT2D eigenvalue weighted by Crippen LogP contribution is -2.33. The highest BCUT2D eigenvalue weighted by Crippen LogP contribution is 2.36. The minimum atomic E-state index is -3.58. The molecule has 2 rings (SSSR count). The van der Waals surface area contributed by atoms with E-state index in [0.717, 1.165) is 50.8 Å².